The van der Waals surface area contributed by atoms with Crippen molar-refractivity contribution in [3.05, 3.63) is 83.9 Å². The number of allylic oxidation sites excluding steroid dienone is 1. The van der Waals surface area contributed by atoms with Crippen molar-refractivity contribution in [1.29, 1.82) is 0 Å². The lowest BCUT2D eigenvalue weighted by Crippen LogP contribution is -2.19. The van der Waals surface area contributed by atoms with Gasteiger partial charge in [-0.15, -0.1) is 0 Å². The molecule has 110 valence electrons. The van der Waals surface area contributed by atoms with Crippen molar-refractivity contribution in [2.75, 3.05) is 5.43 Å². The molecule has 0 spiro atoms. The van der Waals surface area contributed by atoms with Crippen LogP contribution >= 0.6 is 0 Å². The van der Waals surface area contributed by atoms with Crippen LogP contribution in [-0.4, -0.2) is 11.5 Å². The first-order valence-corrected chi connectivity index (χ1v) is 7.46. The monoisotopic (exact) mass is 298 g/mol. The SMILES string of the molecule is O=C1C=Cc2ccccc2C1=NNc1cccc2ccccc12. The van der Waals surface area contributed by atoms with E-state index in [1.807, 2.05) is 60.7 Å². The van der Waals surface area contributed by atoms with Crippen LogP contribution in [0.1, 0.15) is 11.1 Å². The maximum Gasteiger partial charge on any atom is 0.206 e. The Balaban J connectivity index is 1.76. The smallest absolute Gasteiger partial charge is 0.206 e. The molecule has 3 aromatic carbocycles. The standard InChI is InChI=1S/C20H14N2O/c23-19-13-12-15-7-2-4-10-17(15)20(19)22-21-18-11-5-8-14-6-1-3-9-16(14)18/h1-13,21H. The van der Waals surface area contributed by atoms with Gasteiger partial charge < -0.3 is 0 Å². The highest BCUT2D eigenvalue weighted by molar-refractivity contribution is 6.52. The highest BCUT2D eigenvalue weighted by Crippen LogP contribution is 2.24. The Hall–Kier alpha value is -3.20. The summed E-state index contributed by atoms with van der Waals surface area (Å²) < 4.78 is 0. The van der Waals surface area contributed by atoms with Gasteiger partial charge in [0.05, 0.1) is 5.69 Å². The minimum Gasteiger partial charge on any atom is -0.287 e. The predicted octanol–water partition coefficient (Wildman–Crippen LogP) is 4.25. The number of benzene rings is 3. The molecule has 0 fully saturated rings. The molecule has 0 unspecified atom stereocenters. The first-order valence-electron chi connectivity index (χ1n) is 7.46. The Bertz CT molecular complexity index is 965. The number of hydrogen-bond donors (Lipinski definition) is 1. The largest absolute Gasteiger partial charge is 0.287 e. The normalized spacial score (nSPS) is 15.0. The van der Waals surface area contributed by atoms with Gasteiger partial charge in [0.25, 0.3) is 0 Å². The lowest BCUT2D eigenvalue weighted by Gasteiger charge is -2.12. The fourth-order valence-electron chi connectivity index (χ4n) is 2.79. The number of nitrogens with zero attached hydrogens (tertiary/aromatic N) is 1. The van der Waals surface area contributed by atoms with Gasteiger partial charge in [0, 0.05) is 10.9 Å². The molecule has 3 aromatic rings. The van der Waals surface area contributed by atoms with Crippen LogP contribution in [0.2, 0.25) is 0 Å². The minimum atomic E-state index is -0.0866. The van der Waals surface area contributed by atoms with Gasteiger partial charge in [-0.1, -0.05) is 66.7 Å². The third-order valence-electron chi connectivity index (χ3n) is 3.94. The molecular weight excluding hydrogens is 284 g/mol. The molecular formula is C20H14N2O. The van der Waals surface area contributed by atoms with Gasteiger partial charge in [0.1, 0.15) is 5.71 Å². The van der Waals surface area contributed by atoms with E-state index >= 15 is 0 Å². The van der Waals surface area contributed by atoms with E-state index < -0.39 is 0 Å². The Morgan fingerprint density at radius 2 is 1.57 bits per heavy atom. The lowest BCUT2D eigenvalue weighted by atomic mass is 9.95. The van der Waals surface area contributed by atoms with Crippen molar-refractivity contribution in [3.8, 4) is 0 Å². The summed E-state index contributed by atoms with van der Waals surface area (Å²) >= 11 is 0. The molecule has 1 aliphatic carbocycles. The van der Waals surface area contributed by atoms with Gasteiger partial charge in [-0.2, -0.15) is 5.10 Å². The van der Waals surface area contributed by atoms with E-state index in [0.717, 1.165) is 27.6 Å². The number of carbonyl (C=O) groups excluding carboxylic acids is 1. The van der Waals surface area contributed by atoms with Crippen LogP contribution in [0.4, 0.5) is 5.69 Å². The maximum absolute atomic E-state index is 12.2. The second-order valence-electron chi connectivity index (χ2n) is 5.38. The summed E-state index contributed by atoms with van der Waals surface area (Å²) in [6.07, 6.45) is 3.39. The van der Waals surface area contributed by atoms with E-state index in [-0.39, 0.29) is 5.78 Å². The summed E-state index contributed by atoms with van der Waals surface area (Å²) in [5.74, 6) is -0.0866. The van der Waals surface area contributed by atoms with Crippen LogP contribution in [0.5, 0.6) is 0 Å². The molecule has 3 nitrogen and oxygen atoms in total. The third kappa shape index (κ3) is 2.42. The summed E-state index contributed by atoms with van der Waals surface area (Å²) in [6, 6.07) is 21.8. The molecule has 0 aliphatic heterocycles. The Labute approximate surface area is 134 Å². The Morgan fingerprint density at radius 3 is 2.52 bits per heavy atom. The summed E-state index contributed by atoms with van der Waals surface area (Å²) in [5.41, 5.74) is 6.25. The number of nitrogens with one attached hydrogen (secondary N) is 1. The van der Waals surface area contributed by atoms with Gasteiger partial charge in [-0.25, -0.2) is 0 Å². The average Bonchev–Trinajstić information content (AvgIpc) is 2.61. The molecule has 0 atom stereocenters. The predicted molar refractivity (Wildman–Crippen MR) is 94.6 cm³/mol. The molecule has 4 rings (SSSR count). The minimum absolute atomic E-state index is 0.0866. The fourth-order valence-corrected chi connectivity index (χ4v) is 2.79. The van der Waals surface area contributed by atoms with E-state index in [2.05, 4.69) is 22.7 Å². The zero-order valence-electron chi connectivity index (χ0n) is 12.4. The zero-order valence-corrected chi connectivity index (χ0v) is 12.4. The third-order valence-corrected chi connectivity index (χ3v) is 3.94. The van der Waals surface area contributed by atoms with Crippen molar-refractivity contribution in [1.82, 2.24) is 0 Å². The van der Waals surface area contributed by atoms with E-state index in [1.165, 1.54) is 0 Å². The van der Waals surface area contributed by atoms with Gasteiger partial charge >= 0.3 is 0 Å². The van der Waals surface area contributed by atoms with Crippen molar-refractivity contribution >= 4 is 34.0 Å². The molecule has 0 amide bonds. The molecule has 3 heteroatoms. The van der Waals surface area contributed by atoms with E-state index in [1.54, 1.807) is 6.08 Å². The number of ketones is 1. The Morgan fingerprint density at radius 1 is 0.783 bits per heavy atom. The van der Waals surface area contributed by atoms with Crippen LogP contribution in [0.15, 0.2) is 77.9 Å². The molecule has 0 bridgehead atoms. The first kappa shape index (κ1) is 13.5. The number of hydrazone groups is 1. The molecule has 1 aliphatic rings. The molecule has 0 radical (unpaired) electrons. The second kappa shape index (κ2) is 5.54. The van der Waals surface area contributed by atoms with Crippen LogP contribution in [0.3, 0.4) is 0 Å². The molecule has 0 heterocycles. The van der Waals surface area contributed by atoms with E-state index in [4.69, 9.17) is 0 Å². The van der Waals surface area contributed by atoms with Gasteiger partial charge in [0.2, 0.25) is 5.78 Å². The Kier molecular flexibility index (Phi) is 3.24. The molecule has 23 heavy (non-hydrogen) atoms. The highest BCUT2D eigenvalue weighted by Gasteiger charge is 2.18. The number of rotatable bonds is 2. The quantitative estimate of drug-likeness (QED) is 0.718. The lowest BCUT2D eigenvalue weighted by molar-refractivity contribution is -0.108. The van der Waals surface area contributed by atoms with Gasteiger partial charge in [-0.3, -0.25) is 10.2 Å². The number of anilines is 1. The molecule has 0 saturated carbocycles. The van der Waals surface area contributed by atoms with Crippen LogP contribution in [-0.2, 0) is 4.79 Å². The van der Waals surface area contributed by atoms with Gasteiger partial charge in [-0.05, 0) is 23.1 Å². The maximum atomic E-state index is 12.2. The van der Waals surface area contributed by atoms with Crippen molar-refractivity contribution in [2.24, 2.45) is 5.10 Å². The van der Waals surface area contributed by atoms with Gasteiger partial charge in [0.15, 0.2) is 0 Å². The van der Waals surface area contributed by atoms with Crippen molar-refractivity contribution in [2.45, 2.75) is 0 Å². The number of carbonyl (C=O) groups is 1. The second-order valence-corrected chi connectivity index (χ2v) is 5.38. The molecule has 0 saturated heterocycles. The van der Waals surface area contributed by atoms with Crippen LogP contribution in [0.25, 0.3) is 16.8 Å². The summed E-state index contributed by atoms with van der Waals surface area (Å²) in [4.78, 5) is 12.2. The summed E-state index contributed by atoms with van der Waals surface area (Å²) in [6.45, 7) is 0. The zero-order chi connectivity index (χ0) is 15.6. The topological polar surface area (TPSA) is 41.5 Å². The highest BCUT2D eigenvalue weighted by atomic mass is 16.1. The summed E-state index contributed by atoms with van der Waals surface area (Å²) in [5, 5.41) is 6.60. The van der Waals surface area contributed by atoms with E-state index in [0.29, 0.717) is 5.71 Å². The molecule has 0 aromatic heterocycles. The molecule has 1 N–H and O–H groups in total. The van der Waals surface area contributed by atoms with Crippen LogP contribution in [0, 0.1) is 0 Å². The number of fused-ring (bicyclic) bond motifs is 2. The van der Waals surface area contributed by atoms with Crippen molar-refractivity contribution in [3.63, 3.8) is 0 Å². The first-order chi connectivity index (χ1) is 11.3. The average molecular weight is 298 g/mol. The van der Waals surface area contributed by atoms with Crippen LogP contribution < -0.4 is 5.43 Å². The fraction of sp³-hybridized carbons (Fsp3) is 0. The number of hydrogen-bond acceptors (Lipinski definition) is 3. The van der Waals surface area contributed by atoms with E-state index in [9.17, 15) is 4.79 Å². The van der Waals surface area contributed by atoms with Crippen molar-refractivity contribution < 1.29 is 4.79 Å². The summed E-state index contributed by atoms with van der Waals surface area (Å²) in [7, 11) is 0.